The van der Waals surface area contributed by atoms with Crippen LogP contribution in [0.1, 0.15) is 17.5 Å². The zero-order chi connectivity index (χ0) is 17.6. The van der Waals surface area contributed by atoms with Gasteiger partial charge in [0.05, 0.1) is 11.8 Å². The number of carbonyl (C=O) groups excluding carboxylic acids is 2. The maximum Gasteiger partial charge on any atom is 0.224 e. The van der Waals surface area contributed by atoms with E-state index < -0.39 is 0 Å². The molecule has 0 aromatic heterocycles. The highest BCUT2D eigenvalue weighted by Crippen LogP contribution is 2.38. The Balaban J connectivity index is 1.38. The Labute approximate surface area is 146 Å². The summed E-state index contributed by atoms with van der Waals surface area (Å²) in [6, 6.07) is 16.2. The number of hydrogen-bond donors (Lipinski definition) is 2. The first-order valence-electron chi connectivity index (χ1n) is 8.48. The third-order valence-corrected chi connectivity index (χ3v) is 4.42. The summed E-state index contributed by atoms with van der Waals surface area (Å²) in [4.78, 5) is 24.2. The number of carbonyl (C=O) groups is 2. The van der Waals surface area contributed by atoms with Crippen LogP contribution in [0.3, 0.4) is 0 Å². The Bertz CT molecular complexity index is 748. The molecule has 130 valence electrons. The molecule has 0 aliphatic heterocycles. The smallest absolute Gasteiger partial charge is 0.224 e. The van der Waals surface area contributed by atoms with Crippen molar-refractivity contribution >= 4 is 11.8 Å². The highest BCUT2D eigenvalue weighted by atomic mass is 19.1. The van der Waals surface area contributed by atoms with Crippen molar-refractivity contribution in [3.05, 3.63) is 71.5 Å². The van der Waals surface area contributed by atoms with E-state index in [-0.39, 0.29) is 29.5 Å². The third kappa shape index (κ3) is 4.66. The van der Waals surface area contributed by atoms with Crippen LogP contribution >= 0.6 is 0 Å². The first-order chi connectivity index (χ1) is 12.1. The van der Waals surface area contributed by atoms with Gasteiger partial charge in [-0.1, -0.05) is 48.5 Å². The monoisotopic (exact) mass is 340 g/mol. The molecule has 2 aromatic rings. The second kappa shape index (κ2) is 7.92. The summed E-state index contributed by atoms with van der Waals surface area (Å²) in [5, 5.41) is 5.66. The fourth-order valence-electron chi connectivity index (χ4n) is 2.84. The van der Waals surface area contributed by atoms with Gasteiger partial charge in [-0.2, -0.15) is 0 Å². The van der Waals surface area contributed by atoms with E-state index in [1.54, 1.807) is 18.2 Å². The van der Waals surface area contributed by atoms with Crippen molar-refractivity contribution in [1.29, 1.82) is 0 Å². The summed E-state index contributed by atoms with van der Waals surface area (Å²) in [6.07, 6.45) is 1.02. The second-order valence-corrected chi connectivity index (χ2v) is 6.28. The SMILES string of the molecule is O=C(NCCc1ccccc1F)C1CC1C(=O)NCc1ccccc1. The molecule has 1 aliphatic carbocycles. The van der Waals surface area contributed by atoms with Gasteiger partial charge in [0.25, 0.3) is 0 Å². The van der Waals surface area contributed by atoms with Gasteiger partial charge in [0.1, 0.15) is 5.82 Å². The van der Waals surface area contributed by atoms with Crippen molar-refractivity contribution in [2.24, 2.45) is 11.8 Å². The summed E-state index contributed by atoms with van der Waals surface area (Å²) < 4.78 is 13.5. The average molecular weight is 340 g/mol. The van der Waals surface area contributed by atoms with Gasteiger partial charge in [-0.3, -0.25) is 9.59 Å². The molecule has 4 nitrogen and oxygen atoms in total. The Hall–Kier alpha value is -2.69. The minimum Gasteiger partial charge on any atom is -0.356 e. The van der Waals surface area contributed by atoms with E-state index in [2.05, 4.69) is 10.6 Å². The summed E-state index contributed by atoms with van der Waals surface area (Å²) in [6.45, 7) is 0.840. The molecule has 0 bridgehead atoms. The Morgan fingerprint density at radius 2 is 1.56 bits per heavy atom. The summed E-state index contributed by atoms with van der Waals surface area (Å²) >= 11 is 0. The van der Waals surface area contributed by atoms with E-state index in [9.17, 15) is 14.0 Å². The molecule has 2 amide bonds. The van der Waals surface area contributed by atoms with Crippen LogP contribution in [-0.4, -0.2) is 18.4 Å². The first-order valence-corrected chi connectivity index (χ1v) is 8.48. The van der Waals surface area contributed by atoms with E-state index in [0.29, 0.717) is 31.5 Å². The first kappa shape index (κ1) is 17.1. The van der Waals surface area contributed by atoms with Crippen LogP contribution in [0.2, 0.25) is 0 Å². The molecule has 0 heterocycles. The number of halogens is 1. The Kier molecular flexibility index (Phi) is 5.43. The number of nitrogens with one attached hydrogen (secondary N) is 2. The molecule has 3 rings (SSSR count). The number of rotatable bonds is 7. The van der Waals surface area contributed by atoms with Crippen molar-refractivity contribution in [3.63, 3.8) is 0 Å². The molecule has 2 aromatic carbocycles. The Morgan fingerprint density at radius 1 is 0.920 bits per heavy atom. The van der Waals surface area contributed by atoms with Gasteiger partial charge in [0, 0.05) is 13.1 Å². The van der Waals surface area contributed by atoms with Crippen molar-refractivity contribution in [2.45, 2.75) is 19.4 Å². The van der Waals surface area contributed by atoms with Gasteiger partial charge in [-0.05, 0) is 30.0 Å². The molecule has 0 radical (unpaired) electrons. The third-order valence-electron chi connectivity index (χ3n) is 4.42. The predicted molar refractivity (Wildman–Crippen MR) is 93.0 cm³/mol. The molecular weight excluding hydrogens is 319 g/mol. The highest BCUT2D eigenvalue weighted by molar-refractivity contribution is 5.92. The maximum atomic E-state index is 13.5. The van der Waals surface area contributed by atoms with Crippen LogP contribution in [0.4, 0.5) is 4.39 Å². The lowest BCUT2D eigenvalue weighted by Crippen LogP contribution is -2.31. The summed E-state index contributed by atoms with van der Waals surface area (Å²) in [5.41, 5.74) is 1.61. The topological polar surface area (TPSA) is 58.2 Å². The highest BCUT2D eigenvalue weighted by Gasteiger charge is 2.47. The molecular formula is C20H21FN2O2. The van der Waals surface area contributed by atoms with Crippen LogP contribution < -0.4 is 10.6 Å². The summed E-state index contributed by atoms with van der Waals surface area (Å²) in [7, 11) is 0. The van der Waals surface area contributed by atoms with Crippen LogP contribution in [0.15, 0.2) is 54.6 Å². The molecule has 2 N–H and O–H groups in total. The number of benzene rings is 2. The van der Waals surface area contributed by atoms with Gasteiger partial charge in [0.15, 0.2) is 0 Å². The van der Waals surface area contributed by atoms with Crippen molar-refractivity contribution in [1.82, 2.24) is 10.6 Å². The lowest BCUT2D eigenvalue weighted by molar-refractivity contribution is -0.127. The minimum atomic E-state index is -0.267. The maximum absolute atomic E-state index is 13.5. The Morgan fingerprint density at radius 3 is 2.28 bits per heavy atom. The normalized spacial score (nSPS) is 18.4. The predicted octanol–water partition coefficient (Wildman–Crippen LogP) is 2.44. The summed E-state index contributed by atoms with van der Waals surface area (Å²) in [5.74, 6) is -0.996. The molecule has 1 aliphatic rings. The largest absolute Gasteiger partial charge is 0.356 e. The second-order valence-electron chi connectivity index (χ2n) is 6.28. The van der Waals surface area contributed by atoms with E-state index in [0.717, 1.165) is 5.56 Å². The fourth-order valence-corrected chi connectivity index (χ4v) is 2.84. The molecule has 2 unspecified atom stereocenters. The van der Waals surface area contributed by atoms with Crippen molar-refractivity contribution in [3.8, 4) is 0 Å². The van der Waals surface area contributed by atoms with Crippen molar-refractivity contribution in [2.75, 3.05) is 6.54 Å². The van der Waals surface area contributed by atoms with Gasteiger partial charge in [0.2, 0.25) is 11.8 Å². The van der Waals surface area contributed by atoms with E-state index in [1.165, 1.54) is 6.07 Å². The average Bonchev–Trinajstić information content (AvgIpc) is 3.43. The van der Waals surface area contributed by atoms with Crippen LogP contribution in [0, 0.1) is 17.7 Å². The van der Waals surface area contributed by atoms with Gasteiger partial charge in [-0.15, -0.1) is 0 Å². The van der Waals surface area contributed by atoms with Crippen LogP contribution in [0.25, 0.3) is 0 Å². The lowest BCUT2D eigenvalue weighted by atomic mass is 10.1. The number of hydrogen-bond acceptors (Lipinski definition) is 2. The molecule has 2 atom stereocenters. The molecule has 25 heavy (non-hydrogen) atoms. The van der Waals surface area contributed by atoms with Crippen LogP contribution in [-0.2, 0) is 22.6 Å². The standard InChI is InChI=1S/C20H21FN2O2/c21-18-9-5-4-8-15(18)10-11-22-19(24)16-12-17(16)20(25)23-13-14-6-2-1-3-7-14/h1-9,16-17H,10-13H2,(H,22,24)(H,23,25). The fraction of sp³-hybridized carbons (Fsp3) is 0.300. The van der Waals surface area contributed by atoms with Crippen LogP contribution in [0.5, 0.6) is 0 Å². The molecule has 5 heteroatoms. The van der Waals surface area contributed by atoms with Gasteiger partial charge >= 0.3 is 0 Å². The zero-order valence-corrected chi connectivity index (χ0v) is 13.9. The van der Waals surface area contributed by atoms with E-state index in [1.807, 2.05) is 30.3 Å². The zero-order valence-electron chi connectivity index (χ0n) is 13.9. The number of amides is 2. The minimum absolute atomic E-state index is 0.0851. The van der Waals surface area contributed by atoms with E-state index in [4.69, 9.17) is 0 Å². The van der Waals surface area contributed by atoms with Gasteiger partial charge in [-0.25, -0.2) is 4.39 Å². The quantitative estimate of drug-likeness (QED) is 0.813. The molecule has 1 saturated carbocycles. The van der Waals surface area contributed by atoms with Gasteiger partial charge < -0.3 is 10.6 Å². The van der Waals surface area contributed by atoms with E-state index >= 15 is 0 Å². The van der Waals surface area contributed by atoms with Crippen molar-refractivity contribution < 1.29 is 14.0 Å². The lowest BCUT2D eigenvalue weighted by Gasteiger charge is -2.07. The molecule has 1 fully saturated rings. The molecule has 0 spiro atoms. The molecule has 0 saturated heterocycles.